The Bertz CT molecular complexity index is 683. The van der Waals surface area contributed by atoms with Crippen LogP contribution >= 0.6 is 27.3 Å². The Labute approximate surface area is 148 Å². The Hall–Kier alpha value is -1.34. The Morgan fingerprint density at radius 3 is 2.91 bits per heavy atom. The van der Waals surface area contributed by atoms with Gasteiger partial charge in [-0.05, 0) is 28.4 Å². The van der Waals surface area contributed by atoms with Crippen molar-refractivity contribution in [3.63, 3.8) is 0 Å². The van der Waals surface area contributed by atoms with Gasteiger partial charge >= 0.3 is 6.09 Å². The number of pyridine rings is 1. The number of rotatable bonds is 4. The first-order valence-electron chi connectivity index (χ1n) is 7.89. The molecule has 0 radical (unpaired) electrons. The molecule has 0 bridgehead atoms. The van der Waals surface area contributed by atoms with Crippen molar-refractivity contribution >= 4 is 49.3 Å². The molecule has 1 fully saturated rings. The van der Waals surface area contributed by atoms with Crippen molar-refractivity contribution in [3.8, 4) is 0 Å². The molecule has 2 aromatic heterocycles. The van der Waals surface area contributed by atoms with E-state index in [1.165, 1.54) is 4.70 Å². The molecule has 0 spiro atoms. The molecular weight excluding hydrogens is 378 g/mol. The number of hydrogen-bond acceptors (Lipinski definition) is 5. The lowest BCUT2D eigenvalue weighted by Gasteiger charge is -2.35. The second kappa shape index (κ2) is 7.49. The maximum absolute atomic E-state index is 12.0. The van der Waals surface area contributed by atoms with Crippen molar-refractivity contribution in [3.05, 3.63) is 22.1 Å². The number of anilines is 1. The minimum absolute atomic E-state index is 0.194. The van der Waals surface area contributed by atoms with Crippen molar-refractivity contribution < 1.29 is 9.53 Å². The lowest BCUT2D eigenvalue weighted by molar-refractivity contribution is 0.0989. The van der Waals surface area contributed by atoms with E-state index in [-0.39, 0.29) is 6.09 Å². The highest BCUT2D eigenvalue weighted by molar-refractivity contribution is 9.10. The molecular formula is C16H20BrN3O2S. The minimum Gasteiger partial charge on any atom is -0.449 e. The summed E-state index contributed by atoms with van der Waals surface area (Å²) in [6.07, 6.45) is 3.61. The number of unbranched alkanes of at least 4 members (excludes halogenated alkanes) is 1. The summed E-state index contributed by atoms with van der Waals surface area (Å²) in [5.74, 6) is 0.995. The lowest BCUT2D eigenvalue weighted by atomic mass is 10.2. The van der Waals surface area contributed by atoms with Crippen LogP contribution in [0, 0.1) is 0 Å². The predicted octanol–water partition coefficient (Wildman–Crippen LogP) is 4.12. The maximum Gasteiger partial charge on any atom is 0.409 e. The zero-order chi connectivity index (χ0) is 16.2. The molecule has 1 aliphatic rings. The van der Waals surface area contributed by atoms with Crippen LogP contribution in [0.1, 0.15) is 19.8 Å². The summed E-state index contributed by atoms with van der Waals surface area (Å²) >= 11 is 5.32. The van der Waals surface area contributed by atoms with Crippen LogP contribution in [-0.2, 0) is 4.74 Å². The third kappa shape index (κ3) is 3.61. The molecule has 7 heteroatoms. The van der Waals surface area contributed by atoms with Crippen LogP contribution in [0.3, 0.4) is 0 Å². The quantitative estimate of drug-likeness (QED) is 0.727. The van der Waals surface area contributed by atoms with Crippen LogP contribution in [0.5, 0.6) is 0 Å². The Balaban J connectivity index is 1.64. The summed E-state index contributed by atoms with van der Waals surface area (Å²) in [6, 6.07) is 2.04. The number of halogens is 1. The van der Waals surface area contributed by atoms with Gasteiger partial charge in [-0.15, -0.1) is 11.3 Å². The van der Waals surface area contributed by atoms with E-state index < -0.39 is 0 Å². The predicted molar refractivity (Wildman–Crippen MR) is 97.4 cm³/mol. The molecule has 2 aromatic rings. The summed E-state index contributed by atoms with van der Waals surface area (Å²) in [5.41, 5.74) is 0. The number of fused-ring (bicyclic) bond motifs is 1. The molecule has 0 aliphatic carbocycles. The summed E-state index contributed by atoms with van der Waals surface area (Å²) in [5, 5.41) is 3.26. The van der Waals surface area contributed by atoms with Gasteiger partial charge in [0.05, 0.1) is 6.61 Å². The zero-order valence-corrected chi connectivity index (χ0v) is 15.5. The molecule has 5 nitrogen and oxygen atoms in total. The summed E-state index contributed by atoms with van der Waals surface area (Å²) in [7, 11) is 0. The van der Waals surface area contributed by atoms with E-state index in [2.05, 4.69) is 38.1 Å². The standard InChI is InChI=1S/C16H20BrN3O2S/c1-2-3-10-22-16(21)20-8-6-19(7-9-20)15-14-12(17)11-23-13(14)4-5-18-15/h4-5,11H,2-3,6-10H2,1H3. The molecule has 0 aromatic carbocycles. The van der Waals surface area contributed by atoms with Gasteiger partial charge in [0.15, 0.2) is 0 Å². The van der Waals surface area contributed by atoms with Crippen molar-refractivity contribution in [2.75, 3.05) is 37.7 Å². The van der Waals surface area contributed by atoms with Gasteiger partial charge in [0, 0.05) is 52.3 Å². The third-order valence-corrected chi connectivity index (χ3v) is 5.86. The fraction of sp³-hybridized carbons (Fsp3) is 0.500. The van der Waals surface area contributed by atoms with Crippen molar-refractivity contribution in [1.29, 1.82) is 0 Å². The van der Waals surface area contributed by atoms with E-state index in [4.69, 9.17) is 4.74 Å². The van der Waals surface area contributed by atoms with Crippen LogP contribution in [0.4, 0.5) is 10.6 Å². The van der Waals surface area contributed by atoms with E-state index in [0.29, 0.717) is 19.7 Å². The molecule has 0 N–H and O–H groups in total. The fourth-order valence-corrected chi connectivity index (χ4v) is 4.28. The SMILES string of the molecule is CCCCOC(=O)N1CCN(c2nccc3scc(Br)c23)CC1. The van der Waals surface area contributed by atoms with Crippen molar-refractivity contribution in [2.45, 2.75) is 19.8 Å². The van der Waals surface area contributed by atoms with Gasteiger partial charge in [-0.2, -0.15) is 0 Å². The average molecular weight is 398 g/mol. The molecule has 1 amide bonds. The number of hydrogen-bond donors (Lipinski definition) is 0. The molecule has 124 valence electrons. The highest BCUT2D eigenvalue weighted by Gasteiger charge is 2.24. The monoisotopic (exact) mass is 397 g/mol. The van der Waals surface area contributed by atoms with E-state index >= 15 is 0 Å². The number of thiophene rings is 1. The van der Waals surface area contributed by atoms with Crippen LogP contribution in [0.2, 0.25) is 0 Å². The number of amides is 1. The fourth-order valence-electron chi connectivity index (χ4n) is 2.67. The third-order valence-electron chi connectivity index (χ3n) is 3.98. The van der Waals surface area contributed by atoms with Gasteiger partial charge in [0.1, 0.15) is 5.82 Å². The number of carbonyl (C=O) groups excluding carboxylic acids is 1. The number of carbonyl (C=O) groups is 1. The largest absolute Gasteiger partial charge is 0.449 e. The van der Waals surface area contributed by atoms with E-state index in [0.717, 1.165) is 41.6 Å². The molecule has 1 saturated heterocycles. The molecule has 0 atom stereocenters. The summed E-state index contributed by atoms with van der Waals surface area (Å²) < 4.78 is 7.60. The zero-order valence-electron chi connectivity index (χ0n) is 13.1. The number of nitrogens with zero attached hydrogens (tertiary/aromatic N) is 3. The average Bonchev–Trinajstić information content (AvgIpc) is 2.97. The first-order chi connectivity index (χ1) is 11.2. The molecule has 3 heterocycles. The van der Waals surface area contributed by atoms with Gasteiger partial charge < -0.3 is 14.5 Å². The number of aromatic nitrogens is 1. The van der Waals surface area contributed by atoms with Crippen LogP contribution < -0.4 is 4.90 Å². The number of ether oxygens (including phenoxy) is 1. The van der Waals surface area contributed by atoms with Gasteiger partial charge in [-0.1, -0.05) is 13.3 Å². The first kappa shape index (κ1) is 16.5. The van der Waals surface area contributed by atoms with Gasteiger partial charge in [-0.25, -0.2) is 9.78 Å². The van der Waals surface area contributed by atoms with E-state index in [9.17, 15) is 4.79 Å². The van der Waals surface area contributed by atoms with Gasteiger partial charge in [0.25, 0.3) is 0 Å². The number of piperazine rings is 1. The second-order valence-corrected chi connectivity index (χ2v) is 7.30. The summed E-state index contributed by atoms with van der Waals surface area (Å²) in [4.78, 5) is 20.6. The molecule has 23 heavy (non-hydrogen) atoms. The highest BCUT2D eigenvalue weighted by Crippen LogP contribution is 2.36. The Morgan fingerprint density at radius 2 is 2.17 bits per heavy atom. The smallest absolute Gasteiger partial charge is 0.409 e. The lowest BCUT2D eigenvalue weighted by Crippen LogP contribution is -2.49. The highest BCUT2D eigenvalue weighted by atomic mass is 79.9. The van der Waals surface area contributed by atoms with E-state index in [1.807, 2.05) is 12.3 Å². The van der Waals surface area contributed by atoms with Gasteiger partial charge in [-0.3, -0.25) is 0 Å². The van der Waals surface area contributed by atoms with Gasteiger partial charge in [0.2, 0.25) is 0 Å². The van der Waals surface area contributed by atoms with Crippen molar-refractivity contribution in [1.82, 2.24) is 9.88 Å². The maximum atomic E-state index is 12.0. The first-order valence-corrected chi connectivity index (χ1v) is 9.56. The van der Waals surface area contributed by atoms with Crippen molar-refractivity contribution in [2.24, 2.45) is 0 Å². The normalized spacial score (nSPS) is 15.2. The van der Waals surface area contributed by atoms with Crippen LogP contribution in [0.25, 0.3) is 10.1 Å². The Morgan fingerprint density at radius 1 is 1.39 bits per heavy atom. The van der Waals surface area contributed by atoms with Crippen LogP contribution in [0.15, 0.2) is 22.1 Å². The van der Waals surface area contributed by atoms with E-state index in [1.54, 1.807) is 16.2 Å². The molecule has 3 rings (SSSR count). The van der Waals surface area contributed by atoms with Crippen LogP contribution in [-0.4, -0.2) is 48.8 Å². The second-order valence-electron chi connectivity index (χ2n) is 5.53. The minimum atomic E-state index is -0.194. The Kier molecular flexibility index (Phi) is 5.38. The molecule has 0 unspecified atom stereocenters. The molecule has 0 saturated carbocycles. The summed E-state index contributed by atoms with van der Waals surface area (Å²) in [6.45, 7) is 5.49. The topological polar surface area (TPSA) is 45.7 Å². The molecule has 1 aliphatic heterocycles.